The van der Waals surface area contributed by atoms with Crippen LogP contribution in [-0.4, -0.2) is 19.3 Å². The van der Waals surface area contributed by atoms with Crippen LogP contribution in [0.4, 0.5) is 0 Å². The van der Waals surface area contributed by atoms with Crippen molar-refractivity contribution in [2.75, 3.05) is 0 Å². The van der Waals surface area contributed by atoms with Crippen LogP contribution in [-0.2, 0) is 21.7 Å². The van der Waals surface area contributed by atoms with Crippen LogP contribution in [0, 0.1) is 0 Å². The summed E-state index contributed by atoms with van der Waals surface area (Å²) in [5.41, 5.74) is 5.19. The maximum atomic E-state index is 13.4. The molecular weight excluding hydrogens is 472 g/mol. The van der Waals surface area contributed by atoms with Crippen molar-refractivity contribution in [2.45, 2.75) is 11.8 Å². The van der Waals surface area contributed by atoms with Gasteiger partial charge in [-0.15, -0.1) is 0 Å². The van der Waals surface area contributed by atoms with E-state index in [0.717, 1.165) is 27.6 Å². The molecule has 180 valence electrons. The molecule has 1 aromatic heterocycles. The lowest BCUT2D eigenvalue weighted by molar-refractivity contribution is 0.0492. The molecule has 1 unspecified atom stereocenters. The molecule has 0 aliphatic rings. The van der Waals surface area contributed by atoms with Crippen molar-refractivity contribution >= 4 is 28.0 Å². The van der Waals surface area contributed by atoms with Crippen LogP contribution in [0.3, 0.4) is 0 Å². The molecule has 0 bridgehead atoms. The average molecular weight is 497 g/mol. The number of nitrogens with zero attached hydrogens (tertiary/aromatic N) is 1. The molecule has 1 heterocycles. The Morgan fingerprint density at radius 1 is 0.861 bits per heavy atom. The summed E-state index contributed by atoms with van der Waals surface area (Å²) in [7, 11) is 0. The third-order valence-electron chi connectivity index (χ3n) is 6.21. The molecule has 6 nitrogen and oxygen atoms in total. The van der Waals surface area contributed by atoms with Gasteiger partial charge in [-0.25, -0.2) is 9.00 Å². The summed E-state index contributed by atoms with van der Waals surface area (Å²) in [6, 6.07) is 34.6. The van der Waals surface area contributed by atoms with E-state index in [1.165, 1.54) is 0 Å². The van der Waals surface area contributed by atoms with Gasteiger partial charge in [0, 0.05) is 10.9 Å². The van der Waals surface area contributed by atoms with Gasteiger partial charge >= 0.3 is 5.97 Å². The third-order valence-corrected chi connectivity index (χ3v) is 6.79. The molecule has 0 radical (unpaired) electrons. The zero-order valence-corrected chi connectivity index (χ0v) is 20.1. The van der Waals surface area contributed by atoms with Gasteiger partial charge in [-0.05, 0) is 34.4 Å². The first-order valence-corrected chi connectivity index (χ1v) is 12.7. The standard InChI is InChI=1S/C29H24N2O4S/c30-35-29(32)28-26(21-10-4-1-5-11-21)24-18-20(19-36(33)34)16-17-25(24)31(28)27(22-12-6-2-7-13-22)23-14-8-3-9-15-23/h1-18,27H,19,30H2,(H,33,34). The maximum absolute atomic E-state index is 13.4. The van der Waals surface area contributed by atoms with Crippen molar-refractivity contribution in [3.05, 3.63) is 132 Å². The van der Waals surface area contributed by atoms with Gasteiger partial charge in [-0.2, -0.15) is 5.90 Å². The lowest BCUT2D eigenvalue weighted by Crippen LogP contribution is -2.21. The minimum atomic E-state index is -2.01. The molecule has 0 aliphatic heterocycles. The first kappa shape index (κ1) is 23.7. The van der Waals surface area contributed by atoms with Crippen LogP contribution in [0.1, 0.15) is 33.2 Å². The van der Waals surface area contributed by atoms with Crippen LogP contribution in [0.5, 0.6) is 0 Å². The number of carbonyl (C=O) groups excluding carboxylic acids is 1. The van der Waals surface area contributed by atoms with Crippen LogP contribution in [0.2, 0.25) is 0 Å². The monoisotopic (exact) mass is 496 g/mol. The van der Waals surface area contributed by atoms with Crippen LogP contribution >= 0.6 is 0 Å². The number of nitrogens with two attached hydrogens (primary N) is 1. The number of carbonyl (C=O) groups is 1. The zero-order chi connectivity index (χ0) is 25.1. The van der Waals surface area contributed by atoms with E-state index in [9.17, 15) is 13.6 Å². The van der Waals surface area contributed by atoms with E-state index in [0.29, 0.717) is 16.8 Å². The summed E-state index contributed by atoms with van der Waals surface area (Å²) in [6.07, 6.45) is 0. The third kappa shape index (κ3) is 4.47. The molecule has 0 spiro atoms. The molecule has 0 saturated heterocycles. The molecular formula is C29H24N2O4S. The van der Waals surface area contributed by atoms with Crippen molar-refractivity contribution < 1.29 is 18.4 Å². The number of hydrogen-bond acceptors (Lipinski definition) is 4. The smallest absolute Gasteiger partial charge is 0.369 e. The summed E-state index contributed by atoms with van der Waals surface area (Å²) < 4.78 is 23.0. The highest BCUT2D eigenvalue weighted by Crippen LogP contribution is 2.41. The molecule has 1 atom stereocenters. The zero-order valence-electron chi connectivity index (χ0n) is 19.3. The molecule has 5 aromatic rings. The van der Waals surface area contributed by atoms with Gasteiger partial charge in [0.05, 0.1) is 17.3 Å². The first-order valence-electron chi connectivity index (χ1n) is 11.4. The maximum Gasteiger partial charge on any atom is 0.374 e. The average Bonchev–Trinajstić information content (AvgIpc) is 3.24. The summed E-state index contributed by atoms with van der Waals surface area (Å²) >= 11 is -2.01. The molecule has 0 fully saturated rings. The number of hydrogen-bond donors (Lipinski definition) is 2. The van der Waals surface area contributed by atoms with Crippen LogP contribution < -0.4 is 5.90 Å². The fourth-order valence-corrected chi connectivity index (χ4v) is 5.24. The van der Waals surface area contributed by atoms with Crippen molar-refractivity contribution in [1.29, 1.82) is 0 Å². The van der Waals surface area contributed by atoms with E-state index in [-0.39, 0.29) is 11.8 Å². The van der Waals surface area contributed by atoms with E-state index >= 15 is 0 Å². The molecule has 0 amide bonds. The summed E-state index contributed by atoms with van der Waals surface area (Å²) in [4.78, 5) is 18.2. The SMILES string of the molecule is NOC(=O)c1c(-c2ccccc2)c2cc(CS(=O)O)ccc2n1C(c1ccccc1)c1ccccc1. The molecule has 5 rings (SSSR count). The van der Waals surface area contributed by atoms with E-state index in [4.69, 9.17) is 10.7 Å². The predicted octanol–water partition coefficient (Wildman–Crippen LogP) is 5.70. The van der Waals surface area contributed by atoms with Crippen molar-refractivity contribution in [2.24, 2.45) is 5.90 Å². The van der Waals surface area contributed by atoms with Gasteiger partial charge in [0.2, 0.25) is 0 Å². The number of fused-ring (bicyclic) bond motifs is 1. The summed E-state index contributed by atoms with van der Waals surface area (Å²) in [5, 5.41) is 0.765. The number of aromatic nitrogens is 1. The Kier molecular flexibility index (Phi) is 6.77. The van der Waals surface area contributed by atoms with Crippen molar-refractivity contribution in [1.82, 2.24) is 4.57 Å². The van der Waals surface area contributed by atoms with E-state index in [1.54, 1.807) is 0 Å². The van der Waals surface area contributed by atoms with Crippen LogP contribution in [0.25, 0.3) is 22.0 Å². The minimum absolute atomic E-state index is 0.0210. The number of rotatable bonds is 7. The Morgan fingerprint density at radius 2 is 1.42 bits per heavy atom. The normalized spacial score (nSPS) is 12.1. The Labute approximate surface area is 211 Å². The first-order chi connectivity index (χ1) is 17.6. The minimum Gasteiger partial charge on any atom is -0.369 e. The largest absolute Gasteiger partial charge is 0.374 e. The van der Waals surface area contributed by atoms with Gasteiger partial charge in [-0.3, -0.25) is 0 Å². The fraction of sp³-hybridized carbons (Fsp3) is 0.0690. The quantitative estimate of drug-likeness (QED) is 0.223. The summed E-state index contributed by atoms with van der Waals surface area (Å²) in [5.74, 6) is 4.79. The Bertz CT molecular complexity index is 1490. The lowest BCUT2D eigenvalue weighted by Gasteiger charge is -2.24. The molecule has 3 N–H and O–H groups in total. The topological polar surface area (TPSA) is 94.6 Å². The van der Waals surface area contributed by atoms with E-state index in [2.05, 4.69) is 0 Å². The van der Waals surface area contributed by atoms with Gasteiger partial charge < -0.3 is 14.0 Å². The van der Waals surface area contributed by atoms with Gasteiger partial charge in [0.1, 0.15) is 5.69 Å². The highest BCUT2D eigenvalue weighted by atomic mass is 32.2. The summed E-state index contributed by atoms with van der Waals surface area (Å²) in [6.45, 7) is 0. The molecule has 0 aliphatic carbocycles. The second-order valence-electron chi connectivity index (χ2n) is 8.41. The van der Waals surface area contributed by atoms with E-state index < -0.39 is 17.0 Å². The van der Waals surface area contributed by atoms with Crippen LogP contribution in [0.15, 0.2) is 109 Å². The number of benzene rings is 4. The second-order valence-corrected chi connectivity index (χ2v) is 9.34. The molecule has 0 saturated carbocycles. The van der Waals surface area contributed by atoms with Crippen molar-refractivity contribution in [3.8, 4) is 11.1 Å². The Balaban J connectivity index is 1.92. The Morgan fingerprint density at radius 3 is 1.94 bits per heavy atom. The molecule has 4 aromatic carbocycles. The van der Waals surface area contributed by atoms with Gasteiger partial charge in [0.15, 0.2) is 11.1 Å². The predicted molar refractivity (Wildman–Crippen MR) is 142 cm³/mol. The van der Waals surface area contributed by atoms with Gasteiger partial charge in [-0.1, -0.05) is 97.1 Å². The fourth-order valence-electron chi connectivity index (χ4n) is 4.78. The van der Waals surface area contributed by atoms with Gasteiger partial charge in [0.25, 0.3) is 0 Å². The molecule has 7 heteroatoms. The molecule has 36 heavy (non-hydrogen) atoms. The highest BCUT2D eigenvalue weighted by molar-refractivity contribution is 7.78. The lowest BCUT2D eigenvalue weighted by atomic mass is 9.97. The second kappa shape index (κ2) is 10.3. The van der Waals surface area contributed by atoms with E-state index in [1.807, 2.05) is 114 Å². The highest BCUT2D eigenvalue weighted by Gasteiger charge is 2.30. The Hall–Kier alpha value is -4.04. The van der Waals surface area contributed by atoms with Crippen molar-refractivity contribution in [3.63, 3.8) is 0 Å².